The normalized spacial score (nSPS) is 17.2. The van der Waals surface area contributed by atoms with Crippen LogP contribution in [0, 0.1) is 0 Å². The molecule has 0 spiro atoms. The van der Waals surface area contributed by atoms with Crippen LogP contribution >= 0.6 is 12.4 Å². The van der Waals surface area contributed by atoms with Crippen molar-refractivity contribution in [3.63, 3.8) is 0 Å². The van der Waals surface area contributed by atoms with E-state index >= 15 is 0 Å². The van der Waals surface area contributed by atoms with Crippen molar-refractivity contribution in [2.45, 2.75) is 12.5 Å². The maximum atomic E-state index is 11.9. The van der Waals surface area contributed by atoms with Crippen LogP contribution in [0.15, 0.2) is 24.3 Å². The predicted octanol–water partition coefficient (Wildman–Crippen LogP) is 0.115. The smallest absolute Gasteiger partial charge is 0.251 e. The standard InChI is InChI=1S/C15H21N3O3.ClH/c1-16-14(19)12-4-2-3-11(9-12)5-6-18-15(20)13-10-17-7-8-21-13;/h2-4,9,13,17H,5-8,10H2,1H3,(H,16,19)(H,18,20);1H. The molecule has 0 radical (unpaired) electrons. The van der Waals surface area contributed by atoms with Gasteiger partial charge in [0.25, 0.3) is 5.91 Å². The van der Waals surface area contributed by atoms with E-state index in [0.29, 0.717) is 31.7 Å². The summed E-state index contributed by atoms with van der Waals surface area (Å²) in [5, 5.41) is 8.57. The molecule has 2 amide bonds. The highest BCUT2D eigenvalue weighted by Gasteiger charge is 2.20. The van der Waals surface area contributed by atoms with Crippen LogP contribution in [0.4, 0.5) is 0 Å². The quantitative estimate of drug-likeness (QED) is 0.717. The van der Waals surface area contributed by atoms with Gasteiger partial charge in [0.15, 0.2) is 0 Å². The molecule has 0 aromatic heterocycles. The molecule has 0 bridgehead atoms. The Balaban J connectivity index is 0.00000242. The number of carbonyl (C=O) groups excluding carboxylic acids is 2. The lowest BCUT2D eigenvalue weighted by molar-refractivity contribution is -0.134. The number of ether oxygens (including phenoxy) is 1. The first kappa shape index (κ1) is 18.4. The summed E-state index contributed by atoms with van der Waals surface area (Å²) in [6.45, 7) is 2.43. The number of hydrogen-bond donors (Lipinski definition) is 3. The molecule has 1 atom stereocenters. The van der Waals surface area contributed by atoms with E-state index in [9.17, 15) is 9.59 Å². The molecule has 1 saturated heterocycles. The van der Waals surface area contributed by atoms with Gasteiger partial charge in [-0.25, -0.2) is 0 Å². The van der Waals surface area contributed by atoms with Gasteiger partial charge in [-0.1, -0.05) is 12.1 Å². The van der Waals surface area contributed by atoms with Crippen molar-refractivity contribution >= 4 is 24.2 Å². The Bertz CT molecular complexity index is 505. The second kappa shape index (κ2) is 9.40. The van der Waals surface area contributed by atoms with Gasteiger partial charge in [0, 0.05) is 32.2 Å². The van der Waals surface area contributed by atoms with E-state index < -0.39 is 6.10 Å². The van der Waals surface area contributed by atoms with Gasteiger partial charge >= 0.3 is 0 Å². The van der Waals surface area contributed by atoms with Crippen LogP contribution < -0.4 is 16.0 Å². The number of nitrogens with one attached hydrogen (secondary N) is 3. The molecule has 2 rings (SSSR count). The van der Waals surface area contributed by atoms with E-state index in [4.69, 9.17) is 4.74 Å². The minimum absolute atomic E-state index is 0. The number of morpholine rings is 1. The summed E-state index contributed by atoms with van der Waals surface area (Å²) in [4.78, 5) is 23.4. The topological polar surface area (TPSA) is 79.5 Å². The van der Waals surface area contributed by atoms with E-state index in [2.05, 4.69) is 16.0 Å². The maximum Gasteiger partial charge on any atom is 0.251 e. The van der Waals surface area contributed by atoms with Gasteiger partial charge in [-0.15, -0.1) is 12.4 Å². The van der Waals surface area contributed by atoms with Crippen LogP contribution in [0.3, 0.4) is 0 Å². The zero-order valence-corrected chi connectivity index (χ0v) is 13.4. The van der Waals surface area contributed by atoms with E-state index in [1.165, 1.54) is 0 Å². The van der Waals surface area contributed by atoms with E-state index in [0.717, 1.165) is 12.1 Å². The highest BCUT2D eigenvalue weighted by atomic mass is 35.5. The third-order valence-electron chi connectivity index (χ3n) is 3.35. The predicted molar refractivity (Wildman–Crippen MR) is 86.4 cm³/mol. The SMILES string of the molecule is CNC(=O)c1cccc(CCNC(=O)C2CNCCO2)c1.Cl. The molecule has 122 valence electrons. The minimum Gasteiger partial charge on any atom is -0.366 e. The van der Waals surface area contributed by atoms with Gasteiger partial charge in [-0.2, -0.15) is 0 Å². The summed E-state index contributed by atoms with van der Waals surface area (Å²) in [5.74, 6) is -0.202. The summed E-state index contributed by atoms with van der Waals surface area (Å²) in [5.41, 5.74) is 1.64. The Morgan fingerprint density at radius 3 is 2.91 bits per heavy atom. The molecule has 1 aromatic carbocycles. The van der Waals surface area contributed by atoms with Crippen molar-refractivity contribution in [3.8, 4) is 0 Å². The second-order valence-electron chi connectivity index (χ2n) is 4.88. The summed E-state index contributed by atoms with van der Waals surface area (Å²) in [6.07, 6.45) is 0.271. The Morgan fingerprint density at radius 2 is 2.23 bits per heavy atom. The molecule has 1 aliphatic rings. The molecule has 0 saturated carbocycles. The molecular weight excluding hydrogens is 306 g/mol. The van der Waals surface area contributed by atoms with Gasteiger partial charge in [0.1, 0.15) is 6.10 Å². The average molecular weight is 328 g/mol. The fraction of sp³-hybridized carbons (Fsp3) is 0.467. The van der Waals surface area contributed by atoms with Crippen LogP contribution in [0.5, 0.6) is 0 Å². The molecule has 22 heavy (non-hydrogen) atoms. The van der Waals surface area contributed by atoms with E-state index in [-0.39, 0.29) is 24.2 Å². The van der Waals surface area contributed by atoms with Crippen molar-refractivity contribution < 1.29 is 14.3 Å². The first-order valence-electron chi connectivity index (χ1n) is 7.12. The third-order valence-corrected chi connectivity index (χ3v) is 3.35. The van der Waals surface area contributed by atoms with Crippen LogP contribution in [0.2, 0.25) is 0 Å². The molecule has 1 fully saturated rings. The van der Waals surface area contributed by atoms with E-state index in [1.807, 2.05) is 18.2 Å². The number of carbonyl (C=O) groups is 2. The molecule has 1 aromatic rings. The van der Waals surface area contributed by atoms with E-state index in [1.54, 1.807) is 13.1 Å². The third kappa shape index (κ3) is 5.29. The highest BCUT2D eigenvalue weighted by Crippen LogP contribution is 2.06. The molecule has 1 unspecified atom stereocenters. The van der Waals surface area contributed by atoms with Crippen LogP contribution in [0.1, 0.15) is 15.9 Å². The summed E-state index contributed by atoms with van der Waals surface area (Å²) in [7, 11) is 1.60. The molecule has 7 heteroatoms. The lowest BCUT2D eigenvalue weighted by Gasteiger charge is -2.22. The fourth-order valence-electron chi connectivity index (χ4n) is 2.19. The Hall–Kier alpha value is -1.63. The van der Waals surface area contributed by atoms with Gasteiger partial charge in [-0.3, -0.25) is 9.59 Å². The minimum atomic E-state index is -0.407. The van der Waals surface area contributed by atoms with Crippen molar-refractivity contribution in [2.24, 2.45) is 0 Å². The van der Waals surface area contributed by atoms with Gasteiger partial charge in [-0.05, 0) is 24.1 Å². The van der Waals surface area contributed by atoms with Gasteiger partial charge < -0.3 is 20.7 Å². The summed E-state index contributed by atoms with van der Waals surface area (Å²) in [6, 6.07) is 7.39. The molecule has 1 heterocycles. The molecular formula is C15H22ClN3O3. The van der Waals surface area contributed by atoms with Crippen LogP contribution in [-0.4, -0.2) is 51.2 Å². The number of hydrogen-bond acceptors (Lipinski definition) is 4. The van der Waals surface area contributed by atoms with Crippen LogP contribution in [-0.2, 0) is 16.0 Å². The summed E-state index contributed by atoms with van der Waals surface area (Å²) < 4.78 is 5.38. The number of halogens is 1. The van der Waals surface area contributed by atoms with Crippen LogP contribution in [0.25, 0.3) is 0 Å². The molecule has 0 aliphatic carbocycles. The number of benzene rings is 1. The van der Waals surface area contributed by atoms with Crippen molar-refractivity contribution in [2.75, 3.05) is 33.3 Å². The first-order valence-corrected chi connectivity index (χ1v) is 7.12. The molecule has 1 aliphatic heterocycles. The Kier molecular flexibility index (Phi) is 7.87. The fourth-order valence-corrected chi connectivity index (χ4v) is 2.19. The number of rotatable bonds is 5. The zero-order valence-electron chi connectivity index (χ0n) is 12.6. The monoisotopic (exact) mass is 327 g/mol. The Morgan fingerprint density at radius 1 is 1.41 bits per heavy atom. The van der Waals surface area contributed by atoms with Crippen molar-refractivity contribution in [3.05, 3.63) is 35.4 Å². The lowest BCUT2D eigenvalue weighted by Crippen LogP contribution is -2.48. The lowest BCUT2D eigenvalue weighted by atomic mass is 10.1. The molecule has 3 N–H and O–H groups in total. The van der Waals surface area contributed by atoms with Crippen molar-refractivity contribution in [1.82, 2.24) is 16.0 Å². The largest absolute Gasteiger partial charge is 0.366 e. The molecule has 6 nitrogen and oxygen atoms in total. The average Bonchev–Trinajstić information content (AvgIpc) is 2.55. The van der Waals surface area contributed by atoms with Gasteiger partial charge in [0.05, 0.1) is 6.61 Å². The van der Waals surface area contributed by atoms with Gasteiger partial charge in [0.2, 0.25) is 5.91 Å². The zero-order chi connectivity index (χ0) is 15.1. The second-order valence-corrected chi connectivity index (χ2v) is 4.88. The highest BCUT2D eigenvalue weighted by molar-refractivity contribution is 5.94. The first-order chi connectivity index (χ1) is 10.2. The maximum absolute atomic E-state index is 11.9. The number of amides is 2. The Labute approximate surface area is 136 Å². The van der Waals surface area contributed by atoms with Crippen molar-refractivity contribution in [1.29, 1.82) is 0 Å². The summed E-state index contributed by atoms with van der Waals surface area (Å²) >= 11 is 0.